The fraction of sp³-hybridized carbons (Fsp3) is 0.316. The number of hydrogen-bond acceptors (Lipinski definition) is 7. The summed E-state index contributed by atoms with van der Waals surface area (Å²) in [6.45, 7) is 1.96. The minimum Gasteiger partial charge on any atom is -0.482 e. The van der Waals surface area contributed by atoms with Gasteiger partial charge in [0.25, 0.3) is 11.6 Å². The predicted molar refractivity (Wildman–Crippen MR) is 113 cm³/mol. The first kappa shape index (κ1) is 22.9. The lowest BCUT2D eigenvalue weighted by Crippen LogP contribution is -2.40. The molecule has 1 amide bonds. The summed E-state index contributed by atoms with van der Waals surface area (Å²) < 4.78 is 38.0. The fourth-order valence-electron chi connectivity index (χ4n) is 3.02. The third-order valence-electron chi connectivity index (χ3n) is 4.63. The molecule has 2 aromatic rings. The number of amides is 1. The van der Waals surface area contributed by atoms with Crippen molar-refractivity contribution in [3.8, 4) is 5.75 Å². The largest absolute Gasteiger partial charge is 0.482 e. The molecule has 1 heterocycles. The molecule has 3 rings (SSSR count). The standard InChI is InChI=1S/C19H20ClN3O7S/c1-13-15(3-2-4-16(13)23(25)26)21-19(24)12-30-17-6-5-14(20)11-18(17)31(27,28)22-7-9-29-10-8-22/h2-6,11H,7-10,12H2,1H3,(H,21,24). The van der Waals surface area contributed by atoms with Crippen LogP contribution in [0.15, 0.2) is 41.3 Å². The Morgan fingerprint density at radius 1 is 1.29 bits per heavy atom. The summed E-state index contributed by atoms with van der Waals surface area (Å²) in [6.07, 6.45) is 0. The van der Waals surface area contributed by atoms with Crippen molar-refractivity contribution in [3.05, 3.63) is 57.1 Å². The summed E-state index contributed by atoms with van der Waals surface area (Å²) in [5.41, 5.74) is 0.429. The molecule has 166 valence electrons. The number of carbonyl (C=O) groups is 1. The second-order valence-electron chi connectivity index (χ2n) is 6.65. The number of ether oxygens (including phenoxy) is 2. The molecule has 31 heavy (non-hydrogen) atoms. The number of nitrogens with one attached hydrogen (secondary N) is 1. The second-order valence-corrected chi connectivity index (χ2v) is 8.99. The molecule has 0 radical (unpaired) electrons. The number of nitro groups is 1. The molecular weight excluding hydrogens is 450 g/mol. The molecule has 0 saturated carbocycles. The van der Waals surface area contributed by atoms with E-state index in [1.54, 1.807) is 0 Å². The molecule has 10 nitrogen and oxygen atoms in total. The van der Waals surface area contributed by atoms with Crippen LogP contribution in [-0.4, -0.2) is 56.5 Å². The number of sulfonamides is 1. The summed E-state index contributed by atoms with van der Waals surface area (Å²) >= 11 is 5.99. The second kappa shape index (κ2) is 9.60. The van der Waals surface area contributed by atoms with E-state index in [0.717, 1.165) is 0 Å². The van der Waals surface area contributed by atoms with Crippen molar-refractivity contribution in [2.75, 3.05) is 38.2 Å². The Balaban J connectivity index is 1.76. The third-order valence-corrected chi connectivity index (χ3v) is 6.78. The number of anilines is 1. The maximum Gasteiger partial charge on any atom is 0.274 e. The van der Waals surface area contributed by atoms with Crippen molar-refractivity contribution in [1.29, 1.82) is 0 Å². The van der Waals surface area contributed by atoms with Crippen LogP contribution < -0.4 is 10.1 Å². The fourth-order valence-corrected chi connectivity index (χ4v) is 4.82. The van der Waals surface area contributed by atoms with Crippen LogP contribution in [0.5, 0.6) is 5.75 Å². The van der Waals surface area contributed by atoms with Crippen LogP contribution in [-0.2, 0) is 19.6 Å². The van der Waals surface area contributed by atoms with Gasteiger partial charge in [0, 0.05) is 24.2 Å². The monoisotopic (exact) mass is 469 g/mol. The first-order chi connectivity index (χ1) is 14.7. The first-order valence-electron chi connectivity index (χ1n) is 9.24. The number of nitro benzene ring substituents is 1. The van der Waals surface area contributed by atoms with Gasteiger partial charge in [-0.15, -0.1) is 0 Å². The SMILES string of the molecule is Cc1c(NC(=O)COc2ccc(Cl)cc2S(=O)(=O)N2CCOCC2)cccc1[N+](=O)[O-]. The maximum absolute atomic E-state index is 13.0. The van der Waals surface area contributed by atoms with Crippen molar-refractivity contribution >= 4 is 38.9 Å². The molecular formula is C19H20ClN3O7S. The molecule has 0 atom stereocenters. The Morgan fingerprint density at radius 3 is 2.68 bits per heavy atom. The van der Waals surface area contributed by atoms with Crippen molar-refractivity contribution in [3.63, 3.8) is 0 Å². The van der Waals surface area contributed by atoms with Crippen molar-refractivity contribution in [1.82, 2.24) is 4.31 Å². The van der Waals surface area contributed by atoms with Crippen LogP contribution in [0.25, 0.3) is 0 Å². The number of morpholine rings is 1. The Morgan fingerprint density at radius 2 is 2.00 bits per heavy atom. The molecule has 2 aromatic carbocycles. The minimum absolute atomic E-state index is 0.0261. The van der Waals surface area contributed by atoms with Crippen LogP contribution in [0.1, 0.15) is 5.56 Å². The van der Waals surface area contributed by atoms with Gasteiger partial charge >= 0.3 is 0 Å². The van der Waals surface area contributed by atoms with Crippen molar-refractivity contribution < 1.29 is 27.6 Å². The molecule has 1 N–H and O–H groups in total. The molecule has 0 unspecified atom stereocenters. The lowest BCUT2D eigenvalue weighted by atomic mass is 10.1. The van der Waals surface area contributed by atoms with E-state index in [-0.39, 0.29) is 53.3 Å². The Kier molecular flexibility index (Phi) is 7.11. The maximum atomic E-state index is 13.0. The molecule has 0 bridgehead atoms. The predicted octanol–water partition coefficient (Wildman–Crippen LogP) is 2.60. The Bertz CT molecular complexity index is 1100. The van der Waals surface area contributed by atoms with E-state index in [1.807, 2.05) is 0 Å². The summed E-state index contributed by atoms with van der Waals surface area (Å²) in [5.74, 6) is -0.630. The number of nitrogens with zero attached hydrogens (tertiary/aromatic N) is 2. The molecule has 0 aromatic heterocycles. The highest BCUT2D eigenvalue weighted by molar-refractivity contribution is 7.89. The van der Waals surface area contributed by atoms with Gasteiger partial charge in [-0.05, 0) is 31.2 Å². The van der Waals surface area contributed by atoms with Gasteiger partial charge in [0.05, 0.1) is 29.4 Å². The van der Waals surface area contributed by atoms with E-state index < -0.39 is 27.5 Å². The van der Waals surface area contributed by atoms with Crippen LogP contribution in [0.2, 0.25) is 5.02 Å². The lowest BCUT2D eigenvalue weighted by Gasteiger charge is -2.26. The third kappa shape index (κ3) is 5.31. The molecule has 0 spiro atoms. The Labute approximate surface area is 183 Å². The van der Waals surface area contributed by atoms with Crippen LogP contribution in [0, 0.1) is 17.0 Å². The quantitative estimate of drug-likeness (QED) is 0.487. The highest BCUT2D eigenvalue weighted by atomic mass is 35.5. The summed E-state index contributed by atoms with van der Waals surface area (Å²) in [6, 6.07) is 8.41. The van der Waals surface area contributed by atoms with Crippen LogP contribution in [0.3, 0.4) is 0 Å². The van der Waals surface area contributed by atoms with Crippen LogP contribution in [0.4, 0.5) is 11.4 Å². The lowest BCUT2D eigenvalue weighted by molar-refractivity contribution is -0.385. The number of halogens is 1. The van der Waals surface area contributed by atoms with E-state index >= 15 is 0 Å². The molecule has 1 saturated heterocycles. The Hall–Kier alpha value is -2.73. The van der Waals surface area contributed by atoms with Gasteiger partial charge in [0.2, 0.25) is 10.0 Å². The van der Waals surface area contributed by atoms with Gasteiger partial charge in [0.15, 0.2) is 6.61 Å². The van der Waals surface area contributed by atoms with Crippen LogP contribution >= 0.6 is 11.6 Å². The molecule has 12 heteroatoms. The zero-order valence-corrected chi connectivity index (χ0v) is 18.1. The minimum atomic E-state index is -3.91. The average molecular weight is 470 g/mol. The average Bonchev–Trinajstić information content (AvgIpc) is 2.74. The summed E-state index contributed by atoms with van der Waals surface area (Å²) in [4.78, 5) is 22.7. The van der Waals surface area contributed by atoms with Gasteiger partial charge in [-0.3, -0.25) is 14.9 Å². The van der Waals surface area contributed by atoms with E-state index in [9.17, 15) is 23.3 Å². The number of hydrogen-bond donors (Lipinski definition) is 1. The molecule has 1 aliphatic rings. The van der Waals surface area contributed by atoms with Gasteiger partial charge in [-0.25, -0.2) is 8.42 Å². The molecule has 1 fully saturated rings. The highest BCUT2D eigenvalue weighted by Gasteiger charge is 2.30. The zero-order valence-electron chi connectivity index (χ0n) is 16.5. The first-order valence-corrected chi connectivity index (χ1v) is 11.1. The van der Waals surface area contributed by atoms with E-state index in [4.69, 9.17) is 21.1 Å². The summed E-state index contributed by atoms with van der Waals surface area (Å²) in [5, 5.41) is 13.8. The smallest absolute Gasteiger partial charge is 0.274 e. The highest BCUT2D eigenvalue weighted by Crippen LogP contribution is 2.30. The zero-order chi connectivity index (χ0) is 22.6. The number of carbonyl (C=O) groups excluding carboxylic acids is 1. The molecule has 0 aliphatic carbocycles. The van der Waals surface area contributed by atoms with Gasteiger partial charge < -0.3 is 14.8 Å². The van der Waals surface area contributed by atoms with Crippen molar-refractivity contribution in [2.24, 2.45) is 0 Å². The van der Waals surface area contributed by atoms with Gasteiger partial charge in [0.1, 0.15) is 10.6 Å². The topological polar surface area (TPSA) is 128 Å². The number of rotatable bonds is 7. The molecule has 1 aliphatic heterocycles. The van der Waals surface area contributed by atoms with E-state index in [1.165, 1.54) is 47.6 Å². The van der Waals surface area contributed by atoms with Gasteiger partial charge in [-0.2, -0.15) is 4.31 Å². The van der Waals surface area contributed by atoms with E-state index in [2.05, 4.69) is 5.32 Å². The number of benzene rings is 2. The normalized spacial score (nSPS) is 14.8. The summed E-state index contributed by atoms with van der Waals surface area (Å²) in [7, 11) is -3.91. The van der Waals surface area contributed by atoms with Gasteiger partial charge in [-0.1, -0.05) is 17.7 Å². The van der Waals surface area contributed by atoms with Crippen molar-refractivity contribution in [2.45, 2.75) is 11.8 Å². The van der Waals surface area contributed by atoms with E-state index in [0.29, 0.717) is 5.56 Å².